The Morgan fingerprint density at radius 2 is 2.17 bits per heavy atom. The molecule has 0 radical (unpaired) electrons. The summed E-state index contributed by atoms with van der Waals surface area (Å²) in [5.74, 6) is 0.274. The van der Waals surface area contributed by atoms with Crippen LogP contribution in [0.25, 0.3) is 0 Å². The van der Waals surface area contributed by atoms with Crippen LogP contribution in [0.3, 0.4) is 0 Å². The van der Waals surface area contributed by atoms with Gasteiger partial charge in [0.25, 0.3) is 0 Å². The molecule has 1 aromatic rings. The second-order valence-electron chi connectivity index (χ2n) is 3.69. The summed E-state index contributed by atoms with van der Waals surface area (Å²) in [5, 5.41) is 8.80. The smallest absolute Gasteiger partial charge is 0.317 e. The van der Waals surface area contributed by atoms with E-state index in [1.807, 2.05) is 6.92 Å². The van der Waals surface area contributed by atoms with Gasteiger partial charge in [-0.2, -0.15) is 0 Å². The van der Waals surface area contributed by atoms with E-state index >= 15 is 0 Å². The molecule has 0 atom stereocenters. The van der Waals surface area contributed by atoms with Gasteiger partial charge in [-0.15, -0.1) is 0 Å². The monoisotopic (exact) mass is 254 g/mol. The molecule has 1 aromatic heterocycles. The molecule has 0 aliphatic carbocycles. The number of rotatable bonds is 7. The average molecular weight is 254 g/mol. The number of aromatic nitrogens is 1. The van der Waals surface area contributed by atoms with E-state index in [0.717, 1.165) is 0 Å². The number of hydrogen-bond acceptors (Lipinski definition) is 5. The van der Waals surface area contributed by atoms with E-state index in [0.29, 0.717) is 30.3 Å². The highest BCUT2D eigenvalue weighted by molar-refractivity contribution is 5.69. The van der Waals surface area contributed by atoms with Crippen molar-refractivity contribution in [3.05, 3.63) is 18.0 Å². The van der Waals surface area contributed by atoms with Gasteiger partial charge in [-0.05, 0) is 6.54 Å². The number of pyridine rings is 1. The molecular formula is C12H18N2O4. The highest BCUT2D eigenvalue weighted by Gasteiger charge is 2.15. The molecule has 0 saturated heterocycles. The van der Waals surface area contributed by atoms with Gasteiger partial charge in [0.2, 0.25) is 0 Å². The number of aliphatic carboxylic acids is 1. The Balaban J connectivity index is 2.91. The summed E-state index contributed by atoms with van der Waals surface area (Å²) in [6, 6.07) is 1.70. The van der Waals surface area contributed by atoms with E-state index in [1.54, 1.807) is 24.3 Å². The van der Waals surface area contributed by atoms with Crippen molar-refractivity contribution in [2.24, 2.45) is 0 Å². The minimum absolute atomic E-state index is 0.0292. The molecule has 0 saturated carbocycles. The van der Waals surface area contributed by atoms with Crippen LogP contribution in [0.5, 0.6) is 11.5 Å². The van der Waals surface area contributed by atoms with Crippen LogP contribution in [0.4, 0.5) is 0 Å². The first kappa shape index (κ1) is 14.2. The van der Waals surface area contributed by atoms with E-state index in [2.05, 4.69) is 4.98 Å². The molecule has 0 fully saturated rings. The maximum Gasteiger partial charge on any atom is 0.317 e. The molecule has 1 heterocycles. The predicted octanol–water partition coefficient (Wildman–Crippen LogP) is 1.01. The largest absolute Gasteiger partial charge is 0.493 e. The van der Waals surface area contributed by atoms with E-state index in [-0.39, 0.29) is 6.54 Å². The fourth-order valence-electron chi connectivity index (χ4n) is 1.65. The lowest BCUT2D eigenvalue weighted by atomic mass is 10.2. The third-order valence-electron chi connectivity index (χ3n) is 2.55. The number of likely N-dealkylation sites (N-methyl/N-ethyl adjacent to an activating group) is 1. The van der Waals surface area contributed by atoms with Crippen molar-refractivity contribution < 1.29 is 19.4 Å². The molecule has 0 spiro atoms. The number of carboxylic acids is 1. The number of carboxylic acid groups (broad SMARTS) is 1. The van der Waals surface area contributed by atoms with E-state index in [9.17, 15) is 4.79 Å². The second kappa shape index (κ2) is 6.80. The van der Waals surface area contributed by atoms with Crippen molar-refractivity contribution in [1.29, 1.82) is 0 Å². The minimum atomic E-state index is -0.862. The van der Waals surface area contributed by atoms with Crippen LogP contribution in [0.2, 0.25) is 0 Å². The average Bonchev–Trinajstić information content (AvgIpc) is 2.36. The molecule has 1 rings (SSSR count). The fraction of sp³-hybridized carbons (Fsp3) is 0.500. The summed E-state index contributed by atoms with van der Waals surface area (Å²) in [6.07, 6.45) is 1.62. The lowest BCUT2D eigenvalue weighted by Gasteiger charge is -2.19. The van der Waals surface area contributed by atoms with Gasteiger partial charge in [0.15, 0.2) is 11.5 Å². The normalized spacial score (nSPS) is 10.4. The molecule has 18 heavy (non-hydrogen) atoms. The van der Waals surface area contributed by atoms with Crippen LogP contribution >= 0.6 is 0 Å². The zero-order valence-corrected chi connectivity index (χ0v) is 10.8. The Morgan fingerprint density at radius 1 is 1.44 bits per heavy atom. The topological polar surface area (TPSA) is 71.9 Å². The Hall–Kier alpha value is -1.82. The van der Waals surface area contributed by atoms with E-state index in [1.165, 1.54) is 7.11 Å². The highest BCUT2D eigenvalue weighted by atomic mass is 16.5. The number of nitrogens with zero attached hydrogens (tertiary/aromatic N) is 2. The first-order valence-electron chi connectivity index (χ1n) is 5.62. The van der Waals surface area contributed by atoms with Crippen molar-refractivity contribution in [1.82, 2.24) is 9.88 Å². The Labute approximate surface area is 106 Å². The van der Waals surface area contributed by atoms with Crippen molar-refractivity contribution in [2.75, 3.05) is 27.3 Å². The molecule has 6 heteroatoms. The number of hydrogen-bond donors (Lipinski definition) is 1. The molecular weight excluding hydrogens is 236 g/mol. The second-order valence-corrected chi connectivity index (χ2v) is 3.69. The van der Waals surface area contributed by atoms with Crippen LogP contribution in [-0.2, 0) is 11.3 Å². The molecule has 6 nitrogen and oxygen atoms in total. The van der Waals surface area contributed by atoms with Crippen molar-refractivity contribution in [3.8, 4) is 11.5 Å². The third kappa shape index (κ3) is 3.59. The van der Waals surface area contributed by atoms with Gasteiger partial charge >= 0.3 is 5.97 Å². The van der Waals surface area contributed by atoms with Crippen LogP contribution in [0.1, 0.15) is 12.6 Å². The molecule has 100 valence electrons. The van der Waals surface area contributed by atoms with Crippen LogP contribution in [-0.4, -0.2) is 48.3 Å². The summed E-state index contributed by atoms with van der Waals surface area (Å²) in [6.45, 7) is 2.89. The van der Waals surface area contributed by atoms with Gasteiger partial charge < -0.3 is 14.6 Å². The maximum absolute atomic E-state index is 10.7. The number of ether oxygens (including phenoxy) is 2. The van der Waals surface area contributed by atoms with Gasteiger partial charge in [-0.3, -0.25) is 14.7 Å². The number of methoxy groups -OCH3 is 2. The standard InChI is InChI=1S/C12H18N2O4/c1-4-14(8-11(15)16)7-9-12(18-3)10(17-2)5-6-13-9/h5-6H,4,7-8H2,1-3H3,(H,15,16). The highest BCUT2D eigenvalue weighted by Crippen LogP contribution is 2.29. The summed E-state index contributed by atoms with van der Waals surface area (Å²) < 4.78 is 10.4. The van der Waals surface area contributed by atoms with Crippen molar-refractivity contribution in [3.63, 3.8) is 0 Å². The van der Waals surface area contributed by atoms with Crippen LogP contribution in [0.15, 0.2) is 12.3 Å². The van der Waals surface area contributed by atoms with Crippen molar-refractivity contribution in [2.45, 2.75) is 13.5 Å². The van der Waals surface area contributed by atoms with Gasteiger partial charge in [-0.1, -0.05) is 6.92 Å². The summed E-state index contributed by atoms with van der Waals surface area (Å²) in [7, 11) is 3.09. The Bertz CT molecular complexity index is 409. The fourth-order valence-corrected chi connectivity index (χ4v) is 1.65. The quantitative estimate of drug-likeness (QED) is 0.782. The van der Waals surface area contributed by atoms with Gasteiger partial charge in [0, 0.05) is 18.8 Å². The lowest BCUT2D eigenvalue weighted by molar-refractivity contribution is -0.138. The Kier molecular flexibility index (Phi) is 5.38. The number of carbonyl (C=O) groups is 1. The van der Waals surface area contributed by atoms with Crippen LogP contribution in [0, 0.1) is 0 Å². The molecule has 0 aromatic carbocycles. The predicted molar refractivity (Wildman–Crippen MR) is 65.9 cm³/mol. The third-order valence-corrected chi connectivity index (χ3v) is 2.55. The minimum Gasteiger partial charge on any atom is -0.493 e. The molecule has 0 aliphatic heterocycles. The molecule has 0 amide bonds. The SMILES string of the molecule is CCN(CC(=O)O)Cc1nccc(OC)c1OC. The summed E-state index contributed by atoms with van der Waals surface area (Å²) >= 11 is 0. The summed E-state index contributed by atoms with van der Waals surface area (Å²) in [5.41, 5.74) is 0.667. The molecule has 1 N–H and O–H groups in total. The van der Waals surface area contributed by atoms with Gasteiger partial charge in [-0.25, -0.2) is 0 Å². The van der Waals surface area contributed by atoms with E-state index in [4.69, 9.17) is 14.6 Å². The van der Waals surface area contributed by atoms with Gasteiger partial charge in [0.05, 0.1) is 20.8 Å². The van der Waals surface area contributed by atoms with E-state index < -0.39 is 5.97 Å². The van der Waals surface area contributed by atoms with Crippen molar-refractivity contribution >= 4 is 5.97 Å². The molecule has 0 bridgehead atoms. The van der Waals surface area contributed by atoms with Crippen LogP contribution < -0.4 is 9.47 Å². The van der Waals surface area contributed by atoms with Gasteiger partial charge in [0.1, 0.15) is 5.69 Å². The molecule has 0 unspecified atom stereocenters. The zero-order chi connectivity index (χ0) is 13.5. The zero-order valence-electron chi connectivity index (χ0n) is 10.8. The summed E-state index contributed by atoms with van der Waals surface area (Å²) in [4.78, 5) is 16.7. The first-order chi connectivity index (χ1) is 8.62. The lowest BCUT2D eigenvalue weighted by Crippen LogP contribution is -2.29. The Morgan fingerprint density at radius 3 is 2.67 bits per heavy atom. The molecule has 0 aliphatic rings. The maximum atomic E-state index is 10.7. The first-order valence-corrected chi connectivity index (χ1v) is 5.62.